The van der Waals surface area contributed by atoms with Gasteiger partial charge in [-0.2, -0.15) is 0 Å². The Morgan fingerprint density at radius 2 is 1.57 bits per heavy atom. The predicted octanol–water partition coefficient (Wildman–Crippen LogP) is 4.35. The van der Waals surface area contributed by atoms with E-state index >= 15 is 0 Å². The third-order valence-corrected chi connectivity index (χ3v) is 7.17. The zero-order valence-corrected chi connectivity index (χ0v) is 17.2. The lowest BCUT2D eigenvalue weighted by molar-refractivity contribution is -0.139. The van der Waals surface area contributed by atoms with Gasteiger partial charge in [0.25, 0.3) is 0 Å². The lowest BCUT2D eigenvalue weighted by atomic mass is 9.62. The number of benzene rings is 2. The van der Waals surface area contributed by atoms with Crippen molar-refractivity contribution in [1.29, 1.82) is 0 Å². The molecule has 2 aliphatic heterocycles. The zero-order chi connectivity index (χ0) is 19.6. The molecule has 1 amide bonds. The van der Waals surface area contributed by atoms with Crippen LogP contribution in [0.5, 0.6) is 0 Å². The van der Waals surface area contributed by atoms with Crippen LogP contribution in [0.4, 0.5) is 0 Å². The third-order valence-electron chi connectivity index (χ3n) is 7.17. The first-order valence-electron chi connectivity index (χ1n) is 10.6. The van der Waals surface area contributed by atoms with E-state index < -0.39 is 5.41 Å². The Labute approximate surface area is 169 Å². The van der Waals surface area contributed by atoms with E-state index in [1.807, 2.05) is 18.2 Å². The molecule has 0 bridgehead atoms. The minimum absolute atomic E-state index is 0.263. The van der Waals surface area contributed by atoms with E-state index in [0.717, 1.165) is 44.6 Å². The quantitative estimate of drug-likeness (QED) is 0.864. The first-order chi connectivity index (χ1) is 13.5. The van der Waals surface area contributed by atoms with Gasteiger partial charge in [0, 0.05) is 25.6 Å². The molecule has 2 heterocycles. The van der Waals surface area contributed by atoms with Crippen LogP contribution in [0, 0.1) is 5.41 Å². The van der Waals surface area contributed by atoms with E-state index in [-0.39, 0.29) is 5.91 Å². The highest BCUT2D eigenvalue weighted by Crippen LogP contribution is 2.48. The van der Waals surface area contributed by atoms with Gasteiger partial charge in [-0.1, -0.05) is 60.7 Å². The lowest BCUT2D eigenvalue weighted by Gasteiger charge is -2.50. The van der Waals surface area contributed by atoms with E-state index in [2.05, 4.69) is 66.5 Å². The van der Waals surface area contributed by atoms with Crippen LogP contribution in [0.2, 0.25) is 0 Å². The Balaban J connectivity index is 1.49. The molecule has 0 aliphatic carbocycles. The summed E-state index contributed by atoms with van der Waals surface area (Å²) in [5, 5.41) is 3.60. The Hall–Kier alpha value is -2.13. The van der Waals surface area contributed by atoms with E-state index in [9.17, 15) is 4.79 Å². The standard InChI is InChI=1S/C25H32N2O/c1-24(2,21-11-7-4-8-12-21)23(28)27-17-14-25(15-18-27)13-16-26-19-22(25)20-9-5-3-6-10-20/h3-12,22,26H,13-19H2,1-2H3/t22-/m0/s1. The van der Waals surface area contributed by atoms with Gasteiger partial charge in [0.05, 0.1) is 5.41 Å². The molecule has 3 heteroatoms. The number of carbonyl (C=O) groups excluding carboxylic acids is 1. The van der Waals surface area contributed by atoms with Gasteiger partial charge in [-0.3, -0.25) is 4.79 Å². The second-order valence-electron chi connectivity index (χ2n) is 9.06. The Kier molecular flexibility index (Phi) is 5.29. The Morgan fingerprint density at radius 3 is 2.21 bits per heavy atom. The number of nitrogens with one attached hydrogen (secondary N) is 1. The highest BCUT2D eigenvalue weighted by atomic mass is 16.2. The molecule has 148 valence electrons. The molecule has 28 heavy (non-hydrogen) atoms. The molecule has 0 saturated carbocycles. The first-order valence-corrected chi connectivity index (χ1v) is 10.6. The maximum atomic E-state index is 13.4. The van der Waals surface area contributed by atoms with Gasteiger partial charge in [-0.05, 0) is 56.2 Å². The average molecular weight is 377 g/mol. The van der Waals surface area contributed by atoms with Gasteiger partial charge < -0.3 is 10.2 Å². The minimum Gasteiger partial charge on any atom is -0.342 e. The molecule has 2 aromatic carbocycles. The topological polar surface area (TPSA) is 32.3 Å². The van der Waals surface area contributed by atoms with Crippen molar-refractivity contribution >= 4 is 5.91 Å². The van der Waals surface area contributed by atoms with Gasteiger partial charge in [-0.25, -0.2) is 0 Å². The molecule has 1 atom stereocenters. The molecular weight excluding hydrogens is 344 g/mol. The highest BCUT2D eigenvalue weighted by Gasteiger charge is 2.45. The van der Waals surface area contributed by atoms with Crippen molar-refractivity contribution in [3.8, 4) is 0 Å². The van der Waals surface area contributed by atoms with E-state index in [1.54, 1.807) is 0 Å². The Bertz CT molecular complexity index is 792. The van der Waals surface area contributed by atoms with Crippen LogP contribution < -0.4 is 5.32 Å². The Morgan fingerprint density at radius 1 is 0.964 bits per heavy atom. The van der Waals surface area contributed by atoms with Crippen LogP contribution in [-0.4, -0.2) is 37.0 Å². The van der Waals surface area contributed by atoms with Crippen molar-refractivity contribution in [2.24, 2.45) is 5.41 Å². The van der Waals surface area contributed by atoms with Gasteiger partial charge in [0.1, 0.15) is 0 Å². The number of hydrogen-bond donors (Lipinski definition) is 1. The summed E-state index contributed by atoms with van der Waals surface area (Å²) in [6.45, 7) is 8.01. The molecule has 3 nitrogen and oxygen atoms in total. The SMILES string of the molecule is CC(C)(C(=O)N1CCC2(CCNC[C@H]2c2ccccc2)CC1)c1ccccc1. The summed E-state index contributed by atoms with van der Waals surface area (Å²) in [6.07, 6.45) is 3.41. The van der Waals surface area contributed by atoms with Gasteiger partial charge in [-0.15, -0.1) is 0 Å². The predicted molar refractivity (Wildman–Crippen MR) is 114 cm³/mol. The van der Waals surface area contributed by atoms with Crippen LogP contribution in [-0.2, 0) is 10.2 Å². The van der Waals surface area contributed by atoms with Gasteiger partial charge in [0.2, 0.25) is 5.91 Å². The summed E-state index contributed by atoms with van der Waals surface area (Å²) >= 11 is 0. The van der Waals surface area contributed by atoms with E-state index in [1.165, 1.54) is 12.0 Å². The zero-order valence-electron chi connectivity index (χ0n) is 17.2. The van der Waals surface area contributed by atoms with Gasteiger partial charge in [0.15, 0.2) is 0 Å². The molecular formula is C25H32N2O. The van der Waals surface area contributed by atoms with Crippen molar-refractivity contribution in [3.05, 3.63) is 71.8 Å². The summed E-state index contributed by atoms with van der Waals surface area (Å²) in [5.74, 6) is 0.806. The monoisotopic (exact) mass is 376 g/mol. The molecule has 2 fully saturated rings. The molecule has 1 spiro atoms. The molecule has 0 aromatic heterocycles. The number of likely N-dealkylation sites (tertiary alicyclic amines) is 1. The van der Waals surface area contributed by atoms with Crippen molar-refractivity contribution in [2.45, 2.75) is 44.4 Å². The summed E-state index contributed by atoms with van der Waals surface area (Å²) in [7, 11) is 0. The molecule has 0 radical (unpaired) electrons. The van der Waals surface area contributed by atoms with Gasteiger partial charge >= 0.3 is 0 Å². The number of rotatable bonds is 3. The normalized spacial score (nSPS) is 22.2. The molecule has 2 saturated heterocycles. The summed E-state index contributed by atoms with van der Waals surface area (Å²) < 4.78 is 0. The van der Waals surface area contributed by atoms with Crippen molar-refractivity contribution in [1.82, 2.24) is 10.2 Å². The number of hydrogen-bond acceptors (Lipinski definition) is 2. The largest absolute Gasteiger partial charge is 0.342 e. The molecule has 2 aromatic rings. The lowest BCUT2D eigenvalue weighted by Crippen LogP contribution is -2.53. The maximum absolute atomic E-state index is 13.4. The molecule has 1 N–H and O–H groups in total. The van der Waals surface area contributed by atoms with Crippen molar-refractivity contribution < 1.29 is 4.79 Å². The molecule has 2 aliphatic rings. The number of piperidine rings is 2. The number of nitrogens with zero attached hydrogens (tertiary/aromatic N) is 1. The smallest absolute Gasteiger partial charge is 0.232 e. The van der Waals surface area contributed by atoms with Crippen LogP contribution in [0.3, 0.4) is 0 Å². The third kappa shape index (κ3) is 3.48. The average Bonchev–Trinajstić information content (AvgIpc) is 2.75. The number of amides is 1. The van der Waals surface area contributed by atoms with Crippen LogP contribution in [0.1, 0.15) is 50.2 Å². The second kappa shape index (κ2) is 7.71. The minimum atomic E-state index is -0.473. The summed E-state index contributed by atoms with van der Waals surface area (Å²) in [4.78, 5) is 15.5. The molecule has 4 rings (SSSR count). The van der Waals surface area contributed by atoms with Crippen LogP contribution in [0.15, 0.2) is 60.7 Å². The molecule has 0 unspecified atom stereocenters. The van der Waals surface area contributed by atoms with Crippen LogP contribution in [0.25, 0.3) is 0 Å². The fraction of sp³-hybridized carbons (Fsp3) is 0.480. The maximum Gasteiger partial charge on any atom is 0.232 e. The number of carbonyl (C=O) groups is 1. The fourth-order valence-electron chi connectivity index (χ4n) is 5.26. The summed E-state index contributed by atoms with van der Waals surface area (Å²) in [5.41, 5.74) is 2.39. The fourth-order valence-corrected chi connectivity index (χ4v) is 5.26. The summed E-state index contributed by atoms with van der Waals surface area (Å²) in [6, 6.07) is 21.1. The first kappa shape index (κ1) is 19.2. The van der Waals surface area contributed by atoms with Crippen LogP contribution >= 0.6 is 0 Å². The highest BCUT2D eigenvalue weighted by molar-refractivity contribution is 5.87. The van der Waals surface area contributed by atoms with E-state index in [4.69, 9.17) is 0 Å². The van der Waals surface area contributed by atoms with Crippen molar-refractivity contribution in [3.63, 3.8) is 0 Å². The van der Waals surface area contributed by atoms with E-state index in [0.29, 0.717) is 11.3 Å². The van der Waals surface area contributed by atoms with Crippen molar-refractivity contribution in [2.75, 3.05) is 26.2 Å². The second-order valence-corrected chi connectivity index (χ2v) is 9.06.